The van der Waals surface area contributed by atoms with Gasteiger partial charge in [-0.2, -0.15) is 0 Å². The Morgan fingerprint density at radius 1 is 0.786 bits per heavy atom. The molecule has 4 heteroatoms. The number of ether oxygens (including phenoxy) is 1. The fourth-order valence-corrected chi connectivity index (χ4v) is 2.63. The Hall–Kier alpha value is -0.350. The van der Waals surface area contributed by atoms with E-state index in [-0.39, 0.29) is 29.2 Å². The van der Waals surface area contributed by atoms with Crippen molar-refractivity contribution < 1.29 is 9.53 Å². The maximum atomic E-state index is 10.9. The number of unbranched alkanes of at least 4 members (excludes halogenated alkanes) is 13. The number of nitrogens with zero attached hydrogens (tertiary/aromatic N) is 1. The number of esters is 1. The van der Waals surface area contributed by atoms with Gasteiger partial charge in [0.05, 0.1) is 0 Å². The Morgan fingerprint density at radius 3 is 1.29 bits per heavy atom. The third-order valence-corrected chi connectivity index (χ3v) is 4.81. The lowest BCUT2D eigenvalue weighted by molar-refractivity contribution is -0.150. The van der Waals surface area contributed by atoms with E-state index in [9.17, 15) is 4.79 Å². The van der Waals surface area contributed by atoms with Crippen molar-refractivity contribution in [1.82, 2.24) is 4.90 Å². The molecular weight excluding hydrogens is 414 g/mol. The van der Waals surface area contributed by atoms with Gasteiger partial charge in [0.25, 0.3) is 0 Å². The molecule has 0 bridgehead atoms. The van der Waals surface area contributed by atoms with Crippen LogP contribution >= 0.6 is 17.0 Å². The van der Waals surface area contributed by atoms with Gasteiger partial charge in [0.15, 0.2) is 6.23 Å². The van der Waals surface area contributed by atoms with E-state index in [1.165, 1.54) is 89.9 Å². The largest absolute Gasteiger partial charge is 0.443 e. The van der Waals surface area contributed by atoms with Gasteiger partial charge in [-0.15, -0.1) is 17.0 Å². The van der Waals surface area contributed by atoms with Crippen LogP contribution in [0.2, 0.25) is 0 Å². The van der Waals surface area contributed by atoms with E-state index in [1.807, 2.05) is 14.1 Å². The summed E-state index contributed by atoms with van der Waals surface area (Å²) >= 11 is 0. The second-order valence-electron chi connectivity index (χ2n) is 7.99. The first kappa shape index (κ1) is 32.3. The molecule has 0 rings (SSSR count). The van der Waals surface area contributed by atoms with E-state index in [1.54, 1.807) is 18.7 Å². The number of hydrogen-bond acceptors (Lipinski definition) is 3. The zero-order chi connectivity index (χ0) is 20.9. The van der Waals surface area contributed by atoms with Gasteiger partial charge >= 0.3 is 5.97 Å². The molecule has 170 valence electrons. The first-order chi connectivity index (χ1) is 12.9. The minimum absolute atomic E-state index is 0. The van der Waals surface area contributed by atoms with Crippen LogP contribution in [0.15, 0.2) is 12.2 Å². The van der Waals surface area contributed by atoms with E-state index < -0.39 is 0 Å². The van der Waals surface area contributed by atoms with Gasteiger partial charge in [-0.1, -0.05) is 110 Å². The van der Waals surface area contributed by atoms with Crippen LogP contribution in [0.5, 0.6) is 0 Å². The fraction of sp³-hybridized carbons (Fsp3) is 0.875. The summed E-state index contributed by atoms with van der Waals surface area (Å²) in [5.74, 6) is -0.341. The van der Waals surface area contributed by atoms with Crippen LogP contribution in [0.3, 0.4) is 0 Å². The Labute approximate surface area is 187 Å². The standard InChI is InChI=1S/C16H34.C8H15NO2.BrH/c1-3-5-7-9-11-13-15-16-14-12-10-8-6-4-2;1-6(2)8(10)11-7(3)9(4)5;/h3-16H2,1-2H3;7H,1H2,2-5H3;1H. The lowest BCUT2D eigenvalue weighted by Gasteiger charge is -2.19. The maximum Gasteiger partial charge on any atom is 0.334 e. The van der Waals surface area contributed by atoms with E-state index >= 15 is 0 Å². The molecule has 3 nitrogen and oxygen atoms in total. The molecule has 0 aliphatic rings. The zero-order valence-corrected chi connectivity index (χ0v) is 21.6. The maximum absolute atomic E-state index is 10.9. The molecule has 0 saturated carbocycles. The highest BCUT2D eigenvalue weighted by molar-refractivity contribution is 8.93. The summed E-state index contributed by atoms with van der Waals surface area (Å²) < 4.78 is 4.96. The lowest BCUT2D eigenvalue weighted by Crippen LogP contribution is -2.30. The molecule has 0 aliphatic heterocycles. The summed E-state index contributed by atoms with van der Waals surface area (Å²) in [4.78, 5) is 12.7. The third-order valence-electron chi connectivity index (χ3n) is 4.81. The number of hydrogen-bond donors (Lipinski definition) is 0. The SMILES string of the molecule is Br.C=C(C)C(=O)OC(C)N(C)C.CCCCCCCCCCCCCCCC. The second kappa shape index (κ2) is 24.7. The molecule has 0 aromatic rings. The molecule has 0 N–H and O–H groups in total. The Morgan fingerprint density at radius 2 is 1.07 bits per heavy atom. The van der Waals surface area contributed by atoms with Crippen molar-refractivity contribution in [2.45, 2.75) is 124 Å². The number of carbonyl (C=O) groups excluding carboxylic acids is 1. The van der Waals surface area contributed by atoms with Crippen LogP contribution < -0.4 is 0 Å². The molecule has 0 saturated heterocycles. The zero-order valence-electron chi connectivity index (χ0n) is 19.9. The quantitative estimate of drug-likeness (QED) is 0.100. The first-order valence-electron chi connectivity index (χ1n) is 11.4. The number of carbonyl (C=O) groups is 1. The van der Waals surface area contributed by atoms with Crippen molar-refractivity contribution in [2.24, 2.45) is 0 Å². The fourth-order valence-electron chi connectivity index (χ4n) is 2.63. The molecular formula is C24H50BrNO2. The first-order valence-corrected chi connectivity index (χ1v) is 11.4. The molecule has 0 heterocycles. The second-order valence-corrected chi connectivity index (χ2v) is 7.99. The lowest BCUT2D eigenvalue weighted by atomic mass is 10.0. The predicted molar refractivity (Wildman–Crippen MR) is 130 cm³/mol. The average molecular weight is 465 g/mol. The molecule has 1 unspecified atom stereocenters. The Kier molecular flexibility index (Phi) is 28.5. The van der Waals surface area contributed by atoms with Gasteiger partial charge in [0.2, 0.25) is 0 Å². The van der Waals surface area contributed by atoms with Gasteiger partial charge in [0.1, 0.15) is 0 Å². The van der Waals surface area contributed by atoms with Crippen molar-refractivity contribution in [3.8, 4) is 0 Å². The van der Waals surface area contributed by atoms with E-state index in [2.05, 4.69) is 20.4 Å². The van der Waals surface area contributed by atoms with Crippen LogP contribution in [0, 0.1) is 0 Å². The van der Waals surface area contributed by atoms with Crippen molar-refractivity contribution in [1.29, 1.82) is 0 Å². The number of rotatable bonds is 16. The van der Waals surface area contributed by atoms with Gasteiger partial charge in [0, 0.05) is 5.57 Å². The molecule has 28 heavy (non-hydrogen) atoms. The summed E-state index contributed by atoms with van der Waals surface area (Å²) in [6.45, 7) is 11.5. The van der Waals surface area contributed by atoms with Crippen LogP contribution in [-0.2, 0) is 9.53 Å². The summed E-state index contributed by atoms with van der Waals surface area (Å²) in [6, 6.07) is 0. The summed E-state index contributed by atoms with van der Waals surface area (Å²) in [6.07, 6.45) is 20.2. The molecule has 0 fully saturated rings. The average Bonchev–Trinajstić information content (AvgIpc) is 2.63. The molecule has 0 amide bonds. The van der Waals surface area contributed by atoms with Gasteiger partial charge in [-0.05, 0) is 27.9 Å². The Bertz CT molecular complexity index is 331. The topological polar surface area (TPSA) is 29.5 Å². The van der Waals surface area contributed by atoms with Crippen LogP contribution in [0.25, 0.3) is 0 Å². The van der Waals surface area contributed by atoms with Gasteiger partial charge < -0.3 is 4.74 Å². The van der Waals surface area contributed by atoms with E-state index in [0.717, 1.165) is 0 Å². The van der Waals surface area contributed by atoms with E-state index in [0.29, 0.717) is 5.57 Å². The van der Waals surface area contributed by atoms with Gasteiger partial charge in [-0.3, -0.25) is 4.90 Å². The van der Waals surface area contributed by atoms with Crippen molar-refractivity contribution in [3.63, 3.8) is 0 Å². The van der Waals surface area contributed by atoms with Crippen LogP contribution in [-0.4, -0.2) is 31.2 Å². The highest BCUT2D eigenvalue weighted by Crippen LogP contribution is 2.12. The molecule has 0 aliphatic carbocycles. The molecule has 0 radical (unpaired) electrons. The van der Waals surface area contributed by atoms with E-state index in [4.69, 9.17) is 4.74 Å². The number of halogens is 1. The summed E-state index contributed by atoms with van der Waals surface area (Å²) in [5, 5.41) is 0. The van der Waals surface area contributed by atoms with Crippen molar-refractivity contribution in [2.75, 3.05) is 14.1 Å². The normalized spacial score (nSPS) is 11.2. The molecule has 0 spiro atoms. The highest BCUT2D eigenvalue weighted by Gasteiger charge is 2.10. The van der Waals surface area contributed by atoms with Crippen molar-refractivity contribution >= 4 is 23.0 Å². The van der Waals surface area contributed by atoms with Crippen LogP contribution in [0.4, 0.5) is 0 Å². The van der Waals surface area contributed by atoms with Crippen molar-refractivity contribution in [3.05, 3.63) is 12.2 Å². The smallest absolute Gasteiger partial charge is 0.334 e. The summed E-state index contributed by atoms with van der Waals surface area (Å²) in [5.41, 5.74) is 0.429. The van der Waals surface area contributed by atoms with Crippen LogP contribution in [0.1, 0.15) is 118 Å². The third kappa shape index (κ3) is 25.6. The van der Waals surface area contributed by atoms with Gasteiger partial charge in [-0.25, -0.2) is 4.79 Å². The Balaban J connectivity index is -0.000000460. The molecule has 0 aromatic heterocycles. The summed E-state index contributed by atoms with van der Waals surface area (Å²) in [7, 11) is 3.69. The minimum Gasteiger partial charge on any atom is -0.443 e. The molecule has 1 atom stereocenters. The highest BCUT2D eigenvalue weighted by atomic mass is 79.9. The molecule has 0 aromatic carbocycles. The minimum atomic E-state index is -0.341. The monoisotopic (exact) mass is 463 g/mol. The predicted octanol–water partition coefficient (Wildman–Crippen LogP) is 8.08.